The third kappa shape index (κ3) is 5.18. The lowest BCUT2D eigenvalue weighted by atomic mass is 9.95. The van der Waals surface area contributed by atoms with Gasteiger partial charge in [-0.1, -0.05) is 37.3 Å². The highest BCUT2D eigenvalue weighted by Crippen LogP contribution is 2.27. The molecule has 0 bridgehead atoms. The molecular formula is C26H28N2O3. The second-order valence-electron chi connectivity index (χ2n) is 7.48. The maximum atomic E-state index is 12.7. The van der Waals surface area contributed by atoms with Gasteiger partial charge in [-0.15, -0.1) is 0 Å². The van der Waals surface area contributed by atoms with Gasteiger partial charge in [0, 0.05) is 42.9 Å². The van der Waals surface area contributed by atoms with Gasteiger partial charge < -0.3 is 9.64 Å². The highest BCUT2D eigenvalue weighted by molar-refractivity contribution is 5.97. The molecule has 0 aliphatic rings. The van der Waals surface area contributed by atoms with Crippen molar-refractivity contribution in [2.45, 2.75) is 33.1 Å². The first-order chi connectivity index (χ1) is 14.9. The Hall–Kier alpha value is -3.47. The van der Waals surface area contributed by atoms with E-state index in [1.165, 1.54) is 0 Å². The van der Waals surface area contributed by atoms with Gasteiger partial charge in [-0.2, -0.15) is 0 Å². The first-order valence-electron chi connectivity index (χ1n) is 10.4. The topological polar surface area (TPSA) is 59.5 Å². The number of aryl methyl sites for hydroxylation is 2. The van der Waals surface area contributed by atoms with Gasteiger partial charge in [0.05, 0.1) is 7.11 Å². The minimum absolute atomic E-state index is 0.0794. The van der Waals surface area contributed by atoms with Crippen molar-refractivity contribution in [3.05, 3.63) is 77.5 Å². The highest BCUT2D eigenvalue weighted by Gasteiger charge is 2.13. The average molecular weight is 417 g/mol. The predicted octanol–water partition coefficient (Wildman–Crippen LogP) is 5.25. The van der Waals surface area contributed by atoms with Gasteiger partial charge in [0.1, 0.15) is 0 Å². The Morgan fingerprint density at radius 3 is 2.45 bits per heavy atom. The van der Waals surface area contributed by atoms with Crippen molar-refractivity contribution in [1.82, 2.24) is 4.98 Å². The summed E-state index contributed by atoms with van der Waals surface area (Å²) in [5, 5.41) is 0. The molecule has 0 aliphatic heterocycles. The minimum Gasteiger partial charge on any atom is -0.481 e. The molecule has 0 spiro atoms. The largest absolute Gasteiger partial charge is 0.481 e. The number of nitrogens with zero attached hydrogens (tertiary/aromatic N) is 2. The van der Waals surface area contributed by atoms with Crippen LogP contribution in [-0.4, -0.2) is 30.8 Å². The van der Waals surface area contributed by atoms with Crippen molar-refractivity contribution in [2.24, 2.45) is 0 Å². The van der Waals surface area contributed by atoms with Gasteiger partial charge in [-0.3, -0.25) is 9.59 Å². The third-order valence-corrected chi connectivity index (χ3v) is 5.46. The molecule has 0 radical (unpaired) electrons. The quantitative estimate of drug-likeness (QED) is 0.470. The fraction of sp³-hybridized carbons (Fsp3) is 0.269. The number of Topliss-reactive ketones (excluding diaryl/α,β-unsaturated/α-hetero) is 1. The number of benzene rings is 2. The number of carbonyl (C=O) groups excluding carboxylic acids is 2. The van der Waals surface area contributed by atoms with E-state index in [0.29, 0.717) is 30.7 Å². The molecule has 0 N–H and O–H groups in total. The predicted molar refractivity (Wildman–Crippen MR) is 124 cm³/mol. The number of methoxy groups -OCH3 is 1. The second kappa shape index (κ2) is 10.0. The number of ether oxygens (including phenoxy) is 1. The number of aromatic nitrogens is 1. The van der Waals surface area contributed by atoms with E-state index in [4.69, 9.17) is 4.74 Å². The van der Waals surface area contributed by atoms with E-state index in [1.54, 1.807) is 25.3 Å². The van der Waals surface area contributed by atoms with Crippen LogP contribution in [-0.2, 0) is 11.2 Å². The van der Waals surface area contributed by atoms with Crippen LogP contribution < -0.4 is 9.64 Å². The van der Waals surface area contributed by atoms with Crippen LogP contribution in [0.4, 0.5) is 5.69 Å². The summed E-state index contributed by atoms with van der Waals surface area (Å²) in [7, 11) is 3.37. The number of ketones is 1. The van der Waals surface area contributed by atoms with E-state index in [-0.39, 0.29) is 11.7 Å². The van der Waals surface area contributed by atoms with Crippen LogP contribution in [0.3, 0.4) is 0 Å². The summed E-state index contributed by atoms with van der Waals surface area (Å²) in [6.45, 7) is 3.86. The number of carbonyl (C=O) groups is 2. The van der Waals surface area contributed by atoms with Crippen LogP contribution in [0.2, 0.25) is 0 Å². The number of rotatable bonds is 8. The standard InChI is InChI=1S/C26H28N2O3/c1-5-25(30)28(3)22-12-8-19(9-13-22)23-14-10-21(17-18(23)2)24(29)15-11-20-7-6-16-27-26(20)31-4/h6-10,12-14,16-17H,5,11,15H2,1-4H3. The van der Waals surface area contributed by atoms with Crippen LogP contribution in [0, 0.1) is 6.92 Å². The van der Waals surface area contributed by atoms with Crippen molar-refractivity contribution in [1.29, 1.82) is 0 Å². The third-order valence-electron chi connectivity index (χ3n) is 5.46. The van der Waals surface area contributed by atoms with Gasteiger partial charge in [0.2, 0.25) is 11.8 Å². The zero-order valence-corrected chi connectivity index (χ0v) is 18.5. The molecule has 0 saturated carbocycles. The molecule has 0 aliphatic carbocycles. The first kappa shape index (κ1) is 22.2. The molecule has 5 nitrogen and oxygen atoms in total. The molecule has 31 heavy (non-hydrogen) atoms. The lowest BCUT2D eigenvalue weighted by molar-refractivity contribution is -0.118. The Bertz CT molecular complexity index is 1070. The lowest BCUT2D eigenvalue weighted by Gasteiger charge is -2.17. The maximum absolute atomic E-state index is 12.7. The zero-order chi connectivity index (χ0) is 22.4. The van der Waals surface area contributed by atoms with Crippen LogP contribution in [0.5, 0.6) is 5.88 Å². The number of anilines is 1. The molecule has 1 aromatic heterocycles. The fourth-order valence-electron chi connectivity index (χ4n) is 3.60. The van der Waals surface area contributed by atoms with Gasteiger partial charge in [-0.25, -0.2) is 4.98 Å². The molecule has 3 rings (SSSR count). The Morgan fingerprint density at radius 1 is 1.06 bits per heavy atom. The van der Waals surface area contributed by atoms with Crippen LogP contribution in [0.25, 0.3) is 11.1 Å². The summed E-state index contributed by atoms with van der Waals surface area (Å²) in [6, 6.07) is 17.5. The molecule has 160 valence electrons. The maximum Gasteiger partial charge on any atom is 0.226 e. The summed E-state index contributed by atoms with van der Waals surface area (Å²) >= 11 is 0. The number of hydrogen-bond donors (Lipinski definition) is 0. The average Bonchev–Trinajstić information content (AvgIpc) is 2.81. The van der Waals surface area contributed by atoms with E-state index in [2.05, 4.69) is 4.98 Å². The summed E-state index contributed by atoms with van der Waals surface area (Å²) < 4.78 is 5.27. The van der Waals surface area contributed by atoms with Crippen molar-refractivity contribution in [2.75, 3.05) is 19.1 Å². The molecule has 0 atom stereocenters. The summed E-state index contributed by atoms with van der Waals surface area (Å²) in [5.41, 5.74) is 5.66. The lowest BCUT2D eigenvalue weighted by Crippen LogP contribution is -2.24. The van der Waals surface area contributed by atoms with Crippen molar-refractivity contribution in [3.8, 4) is 17.0 Å². The van der Waals surface area contributed by atoms with E-state index >= 15 is 0 Å². The number of hydrogen-bond acceptors (Lipinski definition) is 4. The fourth-order valence-corrected chi connectivity index (χ4v) is 3.60. The molecule has 0 fully saturated rings. The smallest absolute Gasteiger partial charge is 0.226 e. The van der Waals surface area contributed by atoms with Gasteiger partial charge in [-0.05, 0) is 54.3 Å². The second-order valence-corrected chi connectivity index (χ2v) is 7.48. The number of amides is 1. The van der Waals surface area contributed by atoms with Gasteiger partial charge in [0.25, 0.3) is 0 Å². The molecule has 1 heterocycles. The van der Waals surface area contributed by atoms with E-state index < -0.39 is 0 Å². The Kier molecular flexibility index (Phi) is 7.19. The van der Waals surface area contributed by atoms with E-state index in [9.17, 15) is 9.59 Å². The van der Waals surface area contributed by atoms with Crippen LogP contribution >= 0.6 is 0 Å². The Labute approximate surface area is 183 Å². The highest BCUT2D eigenvalue weighted by atomic mass is 16.5. The summed E-state index contributed by atoms with van der Waals surface area (Å²) in [5.74, 6) is 0.739. The van der Waals surface area contributed by atoms with Crippen LogP contribution in [0.1, 0.15) is 41.3 Å². The Morgan fingerprint density at radius 2 is 1.81 bits per heavy atom. The zero-order valence-electron chi connectivity index (χ0n) is 18.5. The van der Waals surface area contributed by atoms with Gasteiger partial charge in [0.15, 0.2) is 5.78 Å². The molecule has 0 unspecified atom stereocenters. The molecular weight excluding hydrogens is 388 g/mol. The summed E-state index contributed by atoms with van der Waals surface area (Å²) in [4.78, 5) is 30.5. The molecule has 3 aromatic rings. The Balaban J connectivity index is 1.72. The molecule has 5 heteroatoms. The monoisotopic (exact) mass is 416 g/mol. The van der Waals surface area contributed by atoms with Crippen molar-refractivity contribution < 1.29 is 14.3 Å². The minimum atomic E-state index is 0.0794. The normalized spacial score (nSPS) is 10.6. The first-order valence-corrected chi connectivity index (χ1v) is 10.4. The van der Waals surface area contributed by atoms with E-state index in [1.807, 2.05) is 68.4 Å². The molecule has 1 amide bonds. The summed E-state index contributed by atoms with van der Waals surface area (Å²) in [6.07, 6.45) is 3.13. The number of pyridine rings is 1. The van der Waals surface area contributed by atoms with Gasteiger partial charge >= 0.3 is 0 Å². The SMILES string of the molecule is CCC(=O)N(C)c1ccc(-c2ccc(C(=O)CCc3cccnc3OC)cc2C)cc1. The molecule has 2 aromatic carbocycles. The van der Waals surface area contributed by atoms with Crippen molar-refractivity contribution >= 4 is 17.4 Å². The van der Waals surface area contributed by atoms with Crippen LogP contribution in [0.15, 0.2) is 60.8 Å². The van der Waals surface area contributed by atoms with E-state index in [0.717, 1.165) is 27.9 Å². The van der Waals surface area contributed by atoms with Crippen molar-refractivity contribution in [3.63, 3.8) is 0 Å². The molecule has 0 saturated heterocycles.